The Morgan fingerprint density at radius 3 is 0.878 bits per heavy atom. The van der Waals surface area contributed by atoms with Gasteiger partial charge in [0.1, 0.15) is 19.3 Å². The summed E-state index contributed by atoms with van der Waals surface area (Å²) in [5.74, 6) is -2.20. The molecule has 98 heavy (non-hydrogen) atoms. The fraction of sp³-hybridized carbons (Fsp3) is 0.772. The monoisotopic (exact) mass is 1420 g/mol. The molecule has 5 atom stereocenters. The highest BCUT2D eigenvalue weighted by Crippen LogP contribution is 2.45. The SMILES string of the molecule is CC/C=C\C/C=C\C/C=C\CCCCCCCCCC(=O)OCC(COP(=O)(O)OCC(O)COP(=O)(O)OCC(COC(=O)CCCCCCC/C=C\C/C=C\CCCCC)OC(=O)CCCCCCC/C=C\CCCCCCCC)OC(=O)CCCCCCC/C=C\CCCC. The molecule has 0 saturated carbocycles. The number of esters is 4. The Morgan fingerprint density at radius 2 is 0.541 bits per heavy atom. The van der Waals surface area contributed by atoms with Crippen molar-refractivity contribution in [1.82, 2.24) is 0 Å². The summed E-state index contributed by atoms with van der Waals surface area (Å²) in [5, 5.41) is 10.6. The van der Waals surface area contributed by atoms with Crippen LogP contribution in [0.2, 0.25) is 0 Å². The molecule has 0 spiro atoms. The molecule has 19 heteroatoms. The highest BCUT2D eigenvalue weighted by Gasteiger charge is 2.30. The number of phosphoric acid groups is 2. The number of rotatable bonds is 73. The van der Waals surface area contributed by atoms with Gasteiger partial charge in [-0.25, -0.2) is 9.13 Å². The predicted octanol–water partition coefficient (Wildman–Crippen LogP) is 22.2. The van der Waals surface area contributed by atoms with Crippen LogP contribution in [0.4, 0.5) is 0 Å². The van der Waals surface area contributed by atoms with Crippen molar-refractivity contribution in [2.45, 2.75) is 354 Å². The van der Waals surface area contributed by atoms with Crippen molar-refractivity contribution >= 4 is 39.5 Å². The molecule has 568 valence electrons. The van der Waals surface area contributed by atoms with Crippen molar-refractivity contribution in [2.75, 3.05) is 39.6 Å². The van der Waals surface area contributed by atoms with Gasteiger partial charge in [0.2, 0.25) is 0 Å². The zero-order valence-corrected chi connectivity index (χ0v) is 63.7. The van der Waals surface area contributed by atoms with Crippen LogP contribution < -0.4 is 0 Å². The molecule has 0 radical (unpaired) electrons. The minimum atomic E-state index is -4.98. The van der Waals surface area contributed by atoms with Gasteiger partial charge in [0.15, 0.2) is 12.2 Å². The van der Waals surface area contributed by atoms with Crippen molar-refractivity contribution in [1.29, 1.82) is 0 Å². The number of hydrogen-bond acceptors (Lipinski definition) is 15. The van der Waals surface area contributed by atoms with Crippen LogP contribution >= 0.6 is 15.6 Å². The number of unbranched alkanes of at least 4 members (excludes halogenated alkanes) is 33. The van der Waals surface area contributed by atoms with E-state index in [9.17, 15) is 43.2 Å². The molecular weight excluding hydrogens is 1280 g/mol. The van der Waals surface area contributed by atoms with Crippen LogP contribution in [0, 0.1) is 0 Å². The van der Waals surface area contributed by atoms with E-state index < -0.39 is 97.5 Å². The summed E-state index contributed by atoms with van der Waals surface area (Å²) in [7, 11) is -9.95. The summed E-state index contributed by atoms with van der Waals surface area (Å²) < 4.78 is 68.5. The molecule has 0 aliphatic carbocycles. The summed E-state index contributed by atoms with van der Waals surface area (Å²) in [6.45, 7) is 4.68. The Hall–Kier alpha value is -3.76. The lowest BCUT2D eigenvalue weighted by atomic mass is 10.1. The van der Waals surface area contributed by atoms with Crippen molar-refractivity contribution in [3.05, 3.63) is 85.1 Å². The second-order valence-corrected chi connectivity index (χ2v) is 28.8. The molecule has 0 fully saturated rings. The highest BCUT2D eigenvalue weighted by atomic mass is 31.2. The van der Waals surface area contributed by atoms with Gasteiger partial charge in [-0.05, 0) is 135 Å². The quantitative estimate of drug-likeness (QED) is 0.0169. The van der Waals surface area contributed by atoms with Gasteiger partial charge in [-0.1, -0.05) is 260 Å². The number of allylic oxidation sites excluding steroid dienone is 14. The fourth-order valence-corrected chi connectivity index (χ4v) is 11.9. The molecule has 3 N–H and O–H groups in total. The van der Waals surface area contributed by atoms with Crippen molar-refractivity contribution < 1.29 is 80.2 Å². The lowest BCUT2D eigenvalue weighted by Crippen LogP contribution is -2.30. The number of aliphatic hydroxyl groups excluding tert-OH is 1. The molecule has 0 heterocycles. The van der Waals surface area contributed by atoms with E-state index in [1.54, 1.807) is 0 Å². The number of carbonyl (C=O) groups is 4. The third-order valence-corrected chi connectivity index (χ3v) is 18.2. The molecule has 5 unspecified atom stereocenters. The summed E-state index contributed by atoms with van der Waals surface area (Å²) in [6.07, 6.45) is 72.8. The number of aliphatic hydroxyl groups is 1. The lowest BCUT2D eigenvalue weighted by Gasteiger charge is -2.21. The van der Waals surface area contributed by atoms with Gasteiger partial charge < -0.3 is 33.8 Å². The molecule has 0 amide bonds. The normalized spacial score (nSPS) is 14.4. The van der Waals surface area contributed by atoms with E-state index in [4.69, 9.17) is 37.0 Å². The first-order valence-corrected chi connectivity index (χ1v) is 41.8. The molecule has 0 aromatic rings. The van der Waals surface area contributed by atoms with E-state index in [1.165, 1.54) is 70.6 Å². The van der Waals surface area contributed by atoms with Crippen LogP contribution in [0.15, 0.2) is 85.1 Å². The van der Waals surface area contributed by atoms with E-state index in [0.29, 0.717) is 25.7 Å². The molecule has 0 rings (SSSR count). The van der Waals surface area contributed by atoms with E-state index in [1.807, 2.05) is 0 Å². The average Bonchev–Trinajstić information content (AvgIpc) is 0.986. The molecule has 0 saturated heterocycles. The first kappa shape index (κ1) is 94.2. The largest absolute Gasteiger partial charge is 0.472 e. The second kappa shape index (κ2) is 71.6. The summed E-state index contributed by atoms with van der Waals surface area (Å²) in [6, 6.07) is 0. The maximum atomic E-state index is 13.1. The highest BCUT2D eigenvalue weighted by molar-refractivity contribution is 7.47. The fourth-order valence-electron chi connectivity index (χ4n) is 10.4. The summed E-state index contributed by atoms with van der Waals surface area (Å²) >= 11 is 0. The molecule has 17 nitrogen and oxygen atoms in total. The molecule has 0 bridgehead atoms. The molecule has 0 aromatic carbocycles. The van der Waals surface area contributed by atoms with Crippen LogP contribution in [0.25, 0.3) is 0 Å². The van der Waals surface area contributed by atoms with Gasteiger partial charge in [-0.2, -0.15) is 0 Å². The topological polar surface area (TPSA) is 237 Å². The smallest absolute Gasteiger partial charge is 0.462 e. The van der Waals surface area contributed by atoms with Crippen molar-refractivity contribution in [3.8, 4) is 0 Å². The van der Waals surface area contributed by atoms with E-state index in [-0.39, 0.29) is 25.7 Å². The molecule has 0 aliphatic rings. The van der Waals surface area contributed by atoms with E-state index in [0.717, 1.165) is 186 Å². The number of carbonyl (C=O) groups excluding carboxylic acids is 4. The summed E-state index contributed by atoms with van der Waals surface area (Å²) in [4.78, 5) is 72.8. The molecule has 0 aromatic heterocycles. The van der Waals surface area contributed by atoms with E-state index in [2.05, 4.69) is 113 Å². The van der Waals surface area contributed by atoms with Crippen LogP contribution in [-0.4, -0.2) is 96.7 Å². The Kier molecular flexibility index (Phi) is 68.9. The van der Waals surface area contributed by atoms with Gasteiger partial charge in [0.25, 0.3) is 0 Å². The first-order chi connectivity index (χ1) is 47.7. The number of ether oxygens (including phenoxy) is 4. The van der Waals surface area contributed by atoms with Crippen LogP contribution in [0.3, 0.4) is 0 Å². The van der Waals surface area contributed by atoms with Crippen LogP contribution in [-0.2, 0) is 65.4 Å². The number of phosphoric ester groups is 2. The third kappa shape index (κ3) is 70.7. The van der Waals surface area contributed by atoms with E-state index >= 15 is 0 Å². The first-order valence-electron chi connectivity index (χ1n) is 38.8. The Bertz CT molecular complexity index is 2190. The van der Waals surface area contributed by atoms with Gasteiger partial charge in [0.05, 0.1) is 26.4 Å². The number of hydrogen-bond donors (Lipinski definition) is 3. The Morgan fingerprint density at radius 1 is 0.296 bits per heavy atom. The van der Waals surface area contributed by atoms with Crippen LogP contribution in [0.5, 0.6) is 0 Å². The van der Waals surface area contributed by atoms with Crippen molar-refractivity contribution in [2.24, 2.45) is 0 Å². The summed E-state index contributed by atoms with van der Waals surface area (Å²) in [5.41, 5.74) is 0. The van der Waals surface area contributed by atoms with Gasteiger partial charge in [-0.15, -0.1) is 0 Å². The molecule has 0 aliphatic heterocycles. The Labute approximate surface area is 595 Å². The van der Waals surface area contributed by atoms with Gasteiger partial charge >= 0.3 is 39.5 Å². The van der Waals surface area contributed by atoms with Gasteiger partial charge in [0, 0.05) is 25.7 Å². The predicted molar refractivity (Wildman–Crippen MR) is 399 cm³/mol. The minimum absolute atomic E-state index is 0.0829. The molecular formula is C79H140O17P2. The van der Waals surface area contributed by atoms with Crippen LogP contribution in [0.1, 0.15) is 336 Å². The standard InChI is InChI=1S/C79H140O17P2/c1-5-9-13-17-21-25-29-32-35-36-39-41-45-48-52-56-60-64-77(82)89-69-74(95-78(83)65-61-57-53-49-43-28-24-20-16-12-8-4)71-93-97(85,86)91-67-73(80)68-92-98(87,88)94-72-75(96-79(84)66-62-58-54-50-46-42-38-34-31-27-23-19-15-11-7-3)70-90-76(81)63-59-55-51-47-44-40-37-33-30-26-22-18-14-10-6-2/h9,13,20-22,24-26,32-35,37-38,73-75,80H,5-8,10-12,14-19,23,27-31,36,39-72H2,1-4H3,(H,85,86)(H,87,88)/b13-9-,24-20-,25-21-,26-22-,35-32-,37-33-,38-34-. The lowest BCUT2D eigenvalue weighted by molar-refractivity contribution is -0.161. The third-order valence-electron chi connectivity index (χ3n) is 16.3. The Balaban J connectivity index is 5.33. The minimum Gasteiger partial charge on any atom is -0.462 e. The average molecular weight is 1420 g/mol. The zero-order chi connectivity index (χ0) is 71.8. The maximum Gasteiger partial charge on any atom is 0.472 e. The second-order valence-electron chi connectivity index (χ2n) is 25.9. The maximum absolute atomic E-state index is 13.1. The van der Waals surface area contributed by atoms with Gasteiger partial charge in [-0.3, -0.25) is 37.3 Å². The van der Waals surface area contributed by atoms with Crippen molar-refractivity contribution in [3.63, 3.8) is 0 Å². The zero-order valence-electron chi connectivity index (χ0n) is 62.0.